The molecule has 1 heterocycles. The van der Waals surface area contributed by atoms with E-state index in [0.29, 0.717) is 18.8 Å². The molecule has 1 fully saturated rings. The average Bonchev–Trinajstić information content (AvgIpc) is 2.69. The van der Waals surface area contributed by atoms with E-state index in [1.807, 2.05) is 17.9 Å². The Morgan fingerprint density at radius 3 is 2.45 bits per heavy atom. The molecule has 0 bridgehead atoms. The van der Waals surface area contributed by atoms with Gasteiger partial charge in [-0.25, -0.2) is 0 Å². The van der Waals surface area contributed by atoms with Gasteiger partial charge in [-0.3, -0.25) is 5.41 Å². The second-order valence-electron chi connectivity index (χ2n) is 7.12. The Hall–Kier alpha value is -1.87. The standard InChI is InChI=1S/C20H23Cl2N3O4S.ClH/c1-12-10-14(13-6-8-25(9-7-13)20(23)24)19(28-2)16(11-12)29-30(26,27)17-5-3-4-15(21)18(17)22;/h3-5,10-11,13H,6-9H2,1-2H3,(H3,23,24);1H. The van der Waals surface area contributed by atoms with Gasteiger partial charge in [-0.15, -0.1) is 12.4 Å². The van der Waals surface area contributed by atoms with E-state index in [-0.39, 0.29) is 45.0 Å². The zero-order valence-corrected chi connectivity index (χ0v) is 20.2. The first-order chi connectivity index (χ1) is 14.1. The number of halogens is 3. The van der Waals surface area contributed by atoms with Crippen molar-refractivity contribution in [3.8, 4) is 11.5 Å². The quantitative estimate of drug-likeness (QED) is 0.348. The summed E-state index contributed by atoms with van der Waals surface area (Å²) >= 11 is 12.0. The summed E-state index contributed by atoms with van der Waals surface area (Å²) in [6.07, 6.45) is 1.51. The minimum absolute atomic E-state index is 0. The van der Waals surface area contributed by atoms with Crippen LogP contribution in [0.3, 0.4) is 0 Å². The summed E-state index contributed by atoms with van der Waals surface area (Å²) < 4.78 is 36.8. The maximum atomic E-state index is 12.9. The molecule has 2 aromatic rings. The predicted molar refractivity (Wildman–Crippen MR) is 125 cm³/mol. The Morgan fingerprint density at radius 2 is 1.87 bits per heavy atom. The minimum atomic E-state index is -4.23. The molecule has 0 radical (unpaired) electrons. The fourth-order valence-corrected chi connectivity index (χ4v) is 5.29. The number of nitrogens with zero attached hydrogens (tertiary/aromatic N) is 1. The van der Waals surface area contributed by atoms with E-state index in [2.05, 4.69) is 0 Å². The molecule has 0 aromatic heterocycles. The number of methoxy groups -OCH3 is 1. The van der Waals surface area contributed by atoms with Crippen LogP contribution >= 0.6 is 35.6 Å². The lowest BCUT2D eigenvalue weighted by Gasteiger charge is -2.33. The number of nitrogens with one attached hydrogen (secondary N) is 1. The molecule has 11 heteroatoms. The Morgan fingerprint density at radius 1 is 1.23 bits per heavy atom. The van der Waals surface area contributed by atoms with E-state index in [9.17, 15) is 8.42 Å². The zero-order valence-electron chi connectivity index (χ0n) is 17.0. The predicted octanol–water partition coefficient (Wildman–Crippen LogP) is 4.57. The van der Waals surface area contributed by atoms with Crippen LogP contribution in [0.2, 0.25) is 10.0 Å². The van der Waals surface area contributed by atoms with Crippen LogP contribution in [0.1, 0.15) is 29.9 Å². The summed E-state index contributed by atoms with van der Waals surface area (Å²) in [5.41, 5.74) is 7.28. The van der Waals surface area contributed by atoms with E-state index < -0.39 is 10.1 Å². The number of benzene rings is 2. The van der Waals surface area contributed by atoms with Crippen molar-refractivity contribution in [2.24, 2.45) is 5.73 Å². The lowest BCUT2D eigenvalue weighted by atomic mass is 9.88. The Kier molecular flexibility index (Phi) is 8.33. The van der Waals surface area contributed by atoms with Gasteiger partial charge in [0.25, 0.3) is 0 Å². The van der Waals surface area contributed by atoms with Crippen LogP contribution in [0.5, 0.6) is 11.5 Å². The number of aryl methyl sites for hydroxylation is 1. The third-order valence-corrected chi connectivity index (χ3v) is 7.30. The molecule has 1 aliphatic rings. The first-order valence-corrected chi connectivity index (χ1v) is 11.5. The first kappa shape index (κ1) is 25.4. The van der Waals surface area contributed by atoms with Crippen molar-refractivity contribution in [1.82, 2.24) is 4.90 Å². The van der Waals surface area contributed by atoms with Crippen molar-refractivity contribution in [3.63, 3.8) is 0 Å². The van der Waals surface area contributed by atoms with E-state index in [0.717, 1.165) is 24.0 Å². The van der Waals surface area contributed by atoms with E-state index in [1.54, 1.807) is 6.07 Å². The van der Waals surface area contributed by atoms with Crippen LogP contribution < -0.4 is 14.7 Å². The van der Waals surface area contributed by atoms with Crippen molar-refractivity contribution in [1.29, 1.82) is 5.41 Å². The molecule has 0 spiro atoms. The smallest absolute Gasteiger partial charge is 0.340 e. The molecule has 3 N–H and O–H groups in total. The van der Waals surface area contributed by atoms with Crippen molar-refractivity contribution < 1.29 is 17.3 Å². The van der Waals surface area contributed by atoms with E-state index in [4.69, 9.17) is 43.3 Å². The summed E-state index contributed by atoms with van der Waals surface area (Å²) in [6, 6.07) is 7.92. The van der Waals surface area contributed by atoms with Gasteiger partial charge in [0.2, 0.25) is 0 Å². The highest BCUT2D eigenvalue weighted by Gasteiger charge is 2.28. The second kappa shape index (κ2) is 10.2. The minimum Gasteiger partial charge on any atom is -0.492 e. The molecule has 170 valence electrons. The maximum absolute atomic E-state index is 12.9. The molecular formula is C20H24Cl3N3O4S. The van der Waals surface area contributed by atoms with Gasteiger partial charge in [0, 0.05) is 18.7 Å². The first-order valence-electron chi connectivity index (χ1n) is 9.30. The number of likely N-dealkylation sites (tertiary alicyclic amines) is 1. The normalized spacial score (nSPS) is 14.6. The van der Waals surface area contributed by atoms with Gasteiger partial charge in [-0.2, -0.15) is 8.42 Å². The fourth-order valence-electron chi connectivity index (χ4n) is 3.62. The molecule has 31 heavy (non-hydrogen) atoms. The van der Waals surface area contributed by atoms with Crippen molar-refractivity contribution in [2.75, 3.05) is 20.2 Å². The van der Waals surface area contributed by atoms with Gasteiger partial charge in [0.05, 0.1) is 17.2 Å². The number of rotatable bonds is 5. The third kappa shape index (κ3) is 5.49. The summed E-state index contributed by atoms with van der Waals surface area (Å²) in [5.74, 6) is 0.634. The highest BCUT2D eigenvalue weighted by Crippen LogP contribution is 2.42. The molecule has 0 amide bonds. The van der Waals surface area contributed by atoms with Crippen LogP contribution in [0.4, 0.5) is 0 Å². The number of ether oxygens (including phenoxy) is 1. The summed E-state index contributed by atoms with van der Waals surface area (Å²) in [4.78, 5) is 1.60. The monoisotopic (exact) mass is 507 g/mol. The maximum Gasteiger partial charge on any atom is 0.340 e. The Balaban J connectivity index is 0.00000341. The summed E-state index contributed by atoms with van der Waals surface area (Å²) in [6.45, 7) is 3.15. The molecule has 0 saturated carbocycles. The highest BCUT2D eigenvalue weighted by atomic mass is 35.5. The van der Waals surface area contributed by atoms with Gasteiger partial charge < -0.3 is 19.6 Å². The van der Waals surface area contributed by atoms with Crippen LogP contribution in [0, 0.1) is 12.3 Å². The van der Waals surface area contributed by atoms with Gasteiger partial charge >= 0.3 is 10.1 Å². The molecule has 1 saturated heterocycles. The van der Waals surface area contributed by atoms with Crippen LogP contribution in [-0.4, -0.2) is 39.5 Å². The van der Waals surface area contributed by atoms with Gasteiger partial charge in [-0.05, 0) is 49.4 Å². The summed E-state index contributed by atoms with van der Waals surface area (Å²) in [7, 11) is -2.76. The van der Waals surface area contributed by atoms with E-state index in [1.165, 1.54) is 25.3 Å². The lowest BCUT2D eigenvalue weighted by Crippen LogP contribution is -2.41. The number of nitrogens with two attached hydrogens (primary N) is 1. The van der Waals surface area contributed by atoms with Crippen molar-refractivity contribution in [3.05, 3.63) is 51.5 Å². The van der Waals surface area contributed by atoms with Crippen LogP contribution in [0.15, 0.2) is 35.2 Å². The number of piperidine rings is 1. The molecule has 1 aliphatic heterocycles. The molecule has 7 nitrogen and oxygen atoms in total. The van der Waals surface area contributed by atoms with E-state index >= 15 is 0 Å². The molecule has 0 aliphatic carbocycles. The summed E-state index contributed by atoms with van der Waals surface area (Å²) in [5, 5.41) is 7.62. The fraction of sp³-hybridized carbons (Fsp3) is 0.350. The average molecular weight is 509 g/mol. The Bertz CT molecular complexity index is 1070. The molecule has 0 unspecified atom stereocenters. The van der Waals surface area contributed by atoms with Gasteiger partial charge in [0.1, 0.15) is 4.90 Å². The molecule has 2 aromatic carbocycles. The topological polar surface area (TPSA) is 106 Å². The highest BCUT2D eigenvalue weighted by molar-refractivity contribution is 7.87. The van der Waals surface area contributed by atoms with Crippen LogP contribution in [0.25, 0.3) is 0 Å². The third-order valence-electron chi connectivity index (χ3n) is 5.09. The number of guanidine groups is 1. The van der Waals surface area contributed by atoms with Gasteiger partial charge in [0.15, 0.2) is 17.5 Å². The second-order valence-corrected chi connectivity index (χ2v) is 9.42. The Labute approximate surface area is 198 Å². The lowest BCUT2D eigenvalue weighted by molar-refractivity contribution is 0.301. The molecule has 0 atom stereocenters. The SMILES string of the molecule is COc1c(OS(=O)(=O)c2cccc(Cl)c2Cl)cc(C)cc1C1CCN(C(=N)N)CC1.Cl. The van der Waals surface area contributed by atoms with Crippen molar-refractivity contribution >= 4 is 51.7 Å². The number of hydrogen-bond donors (Lipinski definition) is 2. The van der Waals surface area contributed by atoms with Gasteiger partial charge in [-0.1, -0.05) is 35.3 Å². The largest absolute Gasteiger partial charge is 0.492 e. The van der Waals surface area contributed by atoms with Crippen LogP contribution in [-0.2, 0) is 10.1 Å². The number of hydrogen-bond acceptors (Lipinski definition) is 5. The molecule has 3 rings (SSSR count). The van der Waals surface area contributed by atoms with Crippen molar-refractivity contribution in [2.45, 2.75) is 30.6 Å². The molecular weight excluding hydrogens is 485 g/mol. The zero-order chi connectivity index (χ0) is 22.1.